The molecule has 1 spiro atoms. The lowest BCUT2D eigenvalue weighted by atomic mass is 9.68. The van der Waals surface area contributed by atoms with E-state index in [4.69, 9.17) is 4.74 Å². The minimum Gasteiger partial charge on any atom is -0.469 e. The predicted molar refractivity (Wildman–Crippen MR) is 72.3 cm³/mol. The summed E-state index contributed by atoms with van der Waals surface area (Å²) >= 11 is 0. The summed E-state index contributed by atoms with van der Waals surface area (Å²) in [6, 6.07) is 0. The van der Waals surface area contributed by atoms with Crippen molar-refractivity contribution >= 4 is 5.97 Å². The van der Waals surface area contributed by atoms with Crippen molar-refractivity contribution in [3.8, 4) is 0 Å². The van der Waals surface area contributed by atoms with Crippen LogP contribution in [0.15, 0.2) is 0 Å². The highest BCUT2D eigenvalue weighted by atomic mass is 16.5. The average Bonchev–Trinajstić information content (AvgIpc) is 2.89. The Balaban J connectivity index is 2.00. The molecule has 3 fully saturated rings. The molecule has 19 heavy (non-hydrogen) atoms. The van der Waals surface area contributed by atoms with E-state index in [0.717, 1.165) is 19.3 Å². The lowest BCUT2D eigenvalue weighted by Crippen LogP contribution is -2.33. The van der Waals surface area contributed by atoms with Crippen LogP contribution >= 0.6 is 0 Å². The first kappa shape index (κ1) is 13.4. The molecule has 3 heteroatoms. The molecule has 0 aromatic carbocycles. The van der Waals surface area contributed by atoms with Gasteiger partial charge in [0.05, 0.1) is 19.1 Å². The zero-order chi connectivity index (χ0) is 14.0. The number of aliphatic hydroxyl groups excluding tert-OH is 1. The maximum absolute atomic E-state index is 12.1. The van der Waals surface area contributed by atoms with E-state index in [0.29, 0.717) is 11.8 Å². The maximum atomic E-state index is 12.1. The zero-order valence-corrected chi connectivity index (χ0v) is 12.5. The van der Waals surface area contributed by atoms with Crippen molar-refractivity contribution < 1.29 is 14.6 Å². The fourth-order valence-corrected chi connectivity index (χ4v) is 5.92. The standard InChI is InChI=1S/C16H26O3/c1-9-5-6-11-10(14(18)19-4)7-12-13(17)15(2,3)8-16(9,11)12/h9-13,17H,5-8H2,1-4H3/t9-,10-,11-,12+,13+,16-/m0/s1. The Kier molecular flexibility index (Phi) is 2.80. The minimum atomic E-state index is -0.273. The van der Waals surface area contributed by atoms with Gasteiger partial charge in [0.1, 0.15) is 0 Å². The Morgan fingerprint density at radius 3 is 2.58 bits per heavy atom. The van der Waals surface area contributed by atoms with Crippen LogP contribution in [0.3, 0.4) is 0 Å². The van der Waals surface area contributed by atoms with E-state index in [9.17, 15) is 9.90 Å². The van der Waals surface area contributed by atoms with E-state index in [-0.39, 0.29) is 34.7 Å². The normalized spacial score (nSPS) is 50.9. The number of carbonyl (C=O) groups is 1. The van der Waals surface area contributed by atoms with Gasteiger partial charge in [0.2, 0.25) is 0 Å². The van der Waals surface area contributed by atoms with Crippen molar-refractivity contribution in [1.29, 1.82) is 0 Å². The van der Waals surface area contributed by atoms with Crippen LogP contribution in [0.1, 0.15) is 46.5 Å². The number of hydrogen-bond donors (Lipinski definition) is 1. The summed E-state index contributed by atoms with van der Waals surface area (Å²) in [5.41, 5.74) is 0.171. The number of carbonyl (C=O) groups excluding carboxylic acids is 1. The molecule has 6 atom stereocenters. The van der Waals surface area contributed by atoms with Gasteiger partial charge < -0.3 is 9.84 Å². The van der Waals surface area contributed by atoms with Crippen molar-refractivity contribution in [3.05, 3.63) is 0 Å². The molecule has 1 N–H and O–H groups in total. The maximum Gasteiger partial charge on any atom is 0.308 e. The predicted octanol–water partition coefficient (Wildman–Crippen LogP) is 2.62. The van der Waals surface area contributed by atoms with Gasteiger partial charge in [-0.3, -0.25) is 4.79 Å². The molecule has 0 heterocycles. The topological polar surface area (TPSA) is 46.5 Å². The fraction of sp³-hybridized carbons (Fsp3) is 0.938. The number of esters is 1. The Labute approximate surface area is 115 Å². The molecule has 0 aromatic rings. The quantitative estimate of drug-likeness (QED) is 0.742. The third-order valence-corrected chi connectivity index (χ3v) is 6.65. The summed E-state index contributed by atoms with van der Waals surface area (Å²) in [5.74, 6) is 1.29. The molecule has 3 nitrogen and oxygen atoms in total. The van der Waals surface area contributed by atoms with Gasteiger partial charge in [-0.2, -0.15) is 0 Å². The van der Waals surface area contributed by atoms with Gasteiger partial charge in [-0.15, -0.1) is 0 Å². The first-order chi connectivity index (χ1) is 8.84. The molecule has 0 aromatic heterocycles. The van der Waals surface area contributed by atoms with Crippen LogP contribution in [0, 0.1) is 34.5 Å². The van der Waals surface area contributed by atoms with E-state index in [2.05, 4.69) is 20.8 Å². The molecule has 3 saturated carbocycles. The Morgan fingerprint density at radius 2 is 1.95 bits per heavy atom. The van der Waals surface area contributed by atoms with Crippen molar-refractivity contribution in [1.82, 2.24) is 0 Å². The van der Waals surface area contributed by atoms with Gasteiger partial charge >= 0.3 is 5.97 Å². The first-order valence-corrected chi connectivity index (χ1v) is 7.60. The second-order valence-electron chi connectivity index (χ2n) is 7.78. The lowest BCUT2D eigenvalue weighted by molar-refractivity contribution is -0.147. The Morgan fingerprint density at radius 1 is 1.26 bits per heavy atom. The van der Waals surface area contributed by atoms with Crippen molar-refractivity contribution in [2.24, 2.45) is 34.5 Å². The van der Waals surface area contributed by atoms with Crippen LogP contribution in [0.4, 0.5) is 0 Å². The minimum absolute atomic E-state index is 0.0113. The molecule has 0 aliphatic heterocycles. The summed E-state index contributed by atoms with van der Waals surface area (Å²) in [7, 11) is 1.49. The van der Waals surface area contributed by atoms with Gasteiger partial charge in [-0.25, -0.2) is 0 Å². The van der Waals surface area contributed by atoms with Gasteiger partial charge in [-0.05, 0) is 54.3 Å². The summed E-state index contributed by atoms with van der Waals surface area (Å²) in [6.45, 7) is 6.68. The molecule has 3 aliphatic carbocycles. The summed E-state index contributed by atoms with van der Waals surface area (Å²) in [6.07, 6.45) is 3.93. The molecule has 3 aliphatic rings. The van der Waals surface area contributed by atoms with Crippen LogP contribution < -0.4 is 0 Å². The van der Waals surface area contributed by atoms with E-state index >= 15 is 0 Å². The number of hydrogen-bond acceptors (Lipinski definition) is 3. The summed E-state index contributed by atoms with van der Waals surface area (Å²) in [5, 5.41) is 10.7. The van der Waals surface area contributed by atoms with Crippen molar-refractivity contribution in [2.45, 2.75) is 52.6 Å². The molecule has 108 valence electrons. The molecular weight excluding hydrogens is 240 g/mol. The highest BCUT2D eigenvalue weighted by Gasteiger charge is 2.69. The summed E-state index contributed by atoms with van der Waals surface area (Å²) in [4.78, 5) is 12.1. The highest BCUT2D eigenvalue weighted by molar-refractivity contribution is 5.73. The Bertz CT molecular complexity index is 403. The third-order valence-electron chi connectivity index (χ3n) is 6.65. The van der Waals surface area contributed by atoms with Crippen LogP contribution in [0.2, 0.25) is 0 Å². The van der Waals surface area contributed by atoms with Gasteiger partial charge in [0.15, 0.2) is 0 Å². The molecule has 3 rings (SSSR count). The molecule has 0 radical (unpaired) electrons. The summed E-state index contributed by atoms with van der Waals surface area (Å²) < 4.78 is 5.01. The van der Waals surface area contributed by atoms with Crippen LogP contribution in [0.25, 0.3) is 0 Å². The number of rotatable bonds is 1. The highest BCUT2D eigenvalue weighted by Crippen LogP contribution is 2.72. The van der Waals surface area contributed by atoms with E-state index in [1.165, 1.54) is 13.5 Å². The second-order valence-corrected chi connectivity index (χ2v) is 7.78. The average molecular weight is 266 g/mol. The van der Waals surface area contributed by atoms with E-state index < -0.39 is 0 Å². The van der Waals surface area contributed by atoms with Crippen LogP contribution in [-0.2, 0) is 9.53 Å². The van der Waals surface area contributed by atoms with Gasteiger partial charge in [0.25, 0.3) is 0 Å². The third kappa shape index (κ3) is 1.51. The first-order valence-electron chi connectivity index (χ1n) is 7.60. The Hall–Kier alpha value is -0.570. The van der Waals surface area contributed by atoms with E-state index in [1.807, 2.05) is 0 Å². The number of methoxy groups -OCH3 is 1. The fourth-order valence-electron chi connectivity index (χ4n) is 5.92. The van der Waals surface area contributed by atoms with Gasteiger partial charge in [-0.1, -0.05) is 20.8 Å². The number of ether oxygens (including phenoxy) is 1. The van der Waals surface area contributed by atoms with Crippen LogP contribution in [0.5, 0.6) is 0 Å². The SMILES string of the molecule is COC(=O)[C@H]1C[C@@H]2[C@@H](O)C(C)(C)C[C@@]23[C@@H](C)CC[C@@H]13. The smallest absolute Gasteiger partial charge is 0.308 e. The molecule has 0 amide bonds. The van der Waals surface area contributed by atoms with Crippen molar-refractivity contribution in [3.63, 3.8) is 0 Å². The second kappa shape index (κ2) is 3.97. The van der Waals surface area contributed by atoms with E-state index in [1.54, 1.807) is 0 Å². The van der Waals surface area contributed by atoms with Gasteiger partial charge in [0, 0.05) is 0 Å². The molecular formula is C16H26O3. The van der Waals surface area contributed by atoms with Crippen molar-refractivity contribution in [2.75, 3.05) is 7.11 Å². The zero-order valence-electron chi connectivity index (χ0n) is 12.5. The van der Waals surface area contributed by atoms with Crippen LogP contribution in [-0.4, -0.2) is 24.3 Å². The monoisotopic (exact) mass is 266 g/mol. The molecule has 0 unspecified atom stereocenters. The molecule has 0 saturated heterocycles. The lowest BCUT2D eigenvalue weighted by Gasteiger charge is -2.36. The largest absolute Gasteiger partial charge is 0.469 e. The number of aliphatic hydroxyl groups is 1. The molecule has 0 bridgehead atoms.